The zero-order valence-electron chi connectivity index (χ0n) is 15.2. The number of hydrogen-bond acceptors (Lipinski definition) is 3. The van der Waals surface area contributed by atoms with Gasteiger partial charge in [0.25, 0.3) is 0 Å². The lowest BCUT2D eigenvalue weighted by Crippen LogP contribution is -2.47. The number of terminal acetylenes is 1. The Labute approximate surface area is 149 Å². The molecule has 1 spiro atoms. The van der Waals surface area contributed by atoms with Gasteiger partial charge in [-0.25, -0.2) is 0 Å². The minimum Gasteiger partial charge on any atom is -0.493 e. The molecule has 0 radical (unpaired) electrons. The summed E-state index contributed by atoms with van der Waals surface area (Å²) in [7, 11) is 3.93. The third-order valence-corrected chi connectivity index (χ3v) is 6.25. The minimum atomic E-state index is -0.449. The van der Waals surface area contributed by atoms with Gasteiger partial charge < -0.3 is 19.1 Å². The van der Waals surface area contributed by atoms with Gasteiger partial charge in [0.15, 0.2) is 11.5 Å². The number of rotatable bonds is 2. The summed E-state index contributed by atoms with van der Waals surface area (Å²) in [6, 6.07) is 2.07. The van der Waals surface area contributed by atoms with Crippen molar-refractivity contribution < 1.29 is 19.1 Å². The highest BCUT2D eigenvalue weighted by atomic mass is 16.5. The second-order valence-electron chi connectivity index (χ2n) is 8.00. The predicted molar refractivity (Wildman–Crippen MR) is 96.7 cm³/mol. The minimum absolute atomic E-state index is 0.0469. The Hall–Kier alpha value is -1.96. The average molecular weight is 340 g/mol. The van der Waals surface area contributed by atoms with Crippen molar-refractivity contribution >= 4 is 0 Å². The molecule has 0 saturated carbocycles. The molecule has 2 aliphatic heterocycles. The van der Waals surface area contributed by atoms with Gasteiger partial charge >= 0.3 is 0 Å². The standard InChI is InChI=1S/C21H26NO3/c1-5-9-22(3)10-8-21-7-6-15(23)12-18(21)25-20-17(24-4)11-14(2)16(13-22)19(20)21/h1,6-7,11,15,18,23H,8-10,12-13H2,2-4H3/q+1/t15-,18?,21?,22?/m0/s1. The van der Waals surface area contributed by atoms with Crippen molar-refractivity contribution in [1.29, 1.82) is 0 Å². The Morgan fingerprint density at radius 1 is 1.52 bits per heavy atom. The van der Waals surface area contributed by atoms with Gasteiger partial charge in [-0.05, 0) is 24.5 Å². The highest BCUT2D eigenvalue weighted by Gasteiger charge is 2.55. The van der Waals surface area contributed by atoms with Crippen molar-refractivity contribution in [3.63, 3.8) is 0 Å². The molecule has 4 rings (SSSR count). The monoisotopic (exact) mass is 340 g/mol. The molecule has 1 N–H and O–H groups in total. The molecule has 0 aromatic heterocycles. The van der Waals surface area contributed by atoms with Crippen LogP contribution in [0.5, 0.6) is 11.5 Å². The summed E-state index contributed by atoms with van der Waals surface area (Å²) in [5, 5.41) is 10.1. The summed E-state index contributed by atoms with van der Waals surface area (Å²) < 4.78 is 12.8. The fourth-order valence-corrected chi connectivity index (χ4v) is 4.85. The largest absolute Gasteiger partial charge is 0.493 e. The summed E-state index contributed by atoms with van der Waals surface area (Å²) in [4.78, 5) is 0. The summed E-state index contributed by atoms with van der Waals surface area (Å²) >= 11 is 0. The summed E-state index contributed by atoms with van der Waals surface area (Å²) in [6.45, 7) is 4.75. The topological polar surface area (TPSA) is 38.7 Å². The fourth-order valence-electron chi connectivity index (χ4n) is 4.85. The number of benzene rings is 1. The number of aryl methyl sites for hydroxylation is 1. The van der Waals surface area contributed by atoms with Crippen LogP contribution in [0.25, 0.3) is 0 Å². The molecular formula is C21H26NO3+. The van der Waals surface area contributed by atoms with Gasteiger partial charge in [0, 0.05) is 24.0 Å². The average Bonchev–Trinajstić information content (AvgIpc) is 2.83. The Balaban J connectivity index is 1.97. The van der Waals surface area contributed by atoms with Crippen LogP contribution in [0.4, 0.5) is 0 Å². The molecule has 1 aliphatic carbocycles. The van der Waals surface area contributed by atoms with Gasteiger partial charge in [-0.3, -0.25) is 0 Å². The number of aliphatic hydroxyl groups is 1. The predicted octanol–water partition coefficient (Wildman–Crippen LogP) is 2.31. The maximum absolute atomic E-state index is 10.1. The molecule has 4 nitrogen and oxygen atoms in total. The third kappa shape index (κ3) is 2.30. The van der Waals surface area contributed by atoms with Crippen molar-refractivity contribution in [2.45, 2.75) is 43.9 Å². The Morgan fingerprint density at radius 2 is 2.32 bits per heavy atom. The highest BCUT2D eigenvalue weighted by Crippen LogP contribution is 2.56. The molecule has 1 aromatic rings. The lowest BCUT2D eigenvalue weighted by molar-refractivity contribution is -0.915. The van der Waals surface area contributed by atoms with Crippen LogP contribution in [0.3, 0.4) is 0 Å². The molecule has 0 amide bonds. The van der Waals surface area contributed by atoms with Gasteiger partial charge in [0.05, 0.1) is 32.2 Å². The van der Waals surface area contributed by atoms with Crippen LogP contribution in [-0.4, -0.2) is 49.0 Å². The molecule has 0 fully saturated rings. The first-order valence-electron chi connectivity index (χ1n) is 8.94. The fraction of sp³-hybridized carbons (Fsp3) is 0.524. The summed E-state index contributed by atoms with van der Waals surface area (Å²) in [6.07, 6.45) is 10.9. The summed E-state index contributed by atoms with van der Waals surface area (Å²) in [5.74, 6) is 4.52. The lowest BCUT2D eigenvalue weighted by Gasteiger charge is -2.36. The molecule has 25 heavy (non-hydrogen) atoms. The SMILES string of the molecule is C#CC[N+]1(C)CCC23C=C[C@H](O)CC2Oc2c(OC)cc(C)c(c23)C1. The highest BCUT2D eigenvalue weighted by molar-refractivity contribution is 5.63. The van der Waals surface area contributed by atoms with E-state index < -0.39 is 6.10 Å². The van der Waals surface area contributed by atoms with Gasteiger partial charge in [-0.2, -0.15) is 0 Å². The van der Waals surface area contributed by atoms with Crippen LogP contribution in [0.2, 0.25) is 0 Å². The molecule has 3 unspecified atom stereocenters. The molecule has 4 heteroatoms. The number of methoxy groups -OCH3 is 1. The van der Waals surface area contributed by atoms with Crippen LogP contribution in [0.1, 0.15) is 29.5 Å². The molecule has 3 aliphatic rings. The normalized spacial score (nSPS) is 35.2. The van der Waals surface area contributed by atoms with Crippen molar-refractivity contribution in [1.82, 2.24) is 0 Å². The van der Waals surface area contributed by atoms with Gasteiger partial charge in [0.1, 0.15) is 19.2 Å². The van der Waals surface area contributed by atoms with Crippen LogP contribution in [0, 0.1) is 19.3 Å². The Kier molecular flexibility index (Phi) is 3.64. The van der Waals surface area contributed by atoms with Gasteiger partial charge in [-0.15, -0.1) is 6.42 Å². The van der Waals surface area contributed by atoms with E-state index in [1.165, 1.54) is 16.7 Å². The molecule has 132 valence electrons. The van der Waals surface area contributed by atoms with E-state index in [1.807, 2.05) is 6.08 Å². The van der Waals surface area contributed by atoms with Crippen molar-refractivity contribution in [3.05, 3.63) is 34.9 Å². The molecule has 0 saturated heterocycles. The number of ether oxygens (including phenoxy) is 2. The van der Waals surface area contributed by atoms with Crippen LogP contribution in [-0.2, 0) is 12.0 Å². The number of aliphatic hydroxyl groups excluding tert-OH is 1. The Morgan fingerprint density at radius 3 is 3.04 bits per heavy atom. The van der Waals surface area contributed by atoms with Crippen LogP contribution >= 0.6 is 0 Å². The van der Waals surface area contributed by atoms with E-state index in [0.717, 1.165) is 35.5 Å². The van der Waals surface area contributed by atoms with E-state index in [9.17, 15) is 5.11 Å². The van der Waals surface area contributed by atoms with Crippen molar-refractivity contribution in [3.8, 4) is 23.8 Å². The quantitative estimate of drug-likeness (QED) is 0.510. The number of nitrogens with zero attached hydrogens (tertiary/aromatic N) is 1. The first kappa shape index (κ1) is 16.5. The second-order valence-corrected chi connectivity index (χ2v) is 8.00. The van der Waals surface area contributed by atoms with E-state index in [-0.39, 0.29) is 11.5 Å². The van der Waals surface area contributed by atoms with Crippen molar-refractivity contribution in [2.24, 2.45) is 0 Å². The first-order chi connectivity index (χ1) is 11.9. The van der Waals surface area contributed by atoms with Gasteiger partial charge in [-0.1, -0.05) is 12.2 Å². The lowest BCUT2D eigenvalue weighted by atomic mass is 9.68. The first-order valence-corrected chi connectivity index (χ1v) is 8.94. The molecule has 4 atom stereocenters. The Bertz CT molecular complexity index is 793. The second kappa shape index (κ2) is 5.52. The van der Waals surface area contributed by atoms with Crippen LogP contribution in [0.15, 0.2) is 18.2 Å². The molecule has 0 bridgehead atoms. The third-order valence-electron chi connectivity index (χ3n) is 6.25. The van der Waals surface area contributed by atoms with Crippen molar-refractivity contribution in [2.75, 3.05) is 27.2 Å². The van der Waals surface area contributed by atoms with E-state index in [2.05, 4.69) is 32.0 Å². The zero-order chi connectivity index (χ0) is 17.8. The smallest absolute Gasteiger partial charge is 0.166 e. The van der Waals surface area contributed by atoms with E-state index >= 15 is 0 Å². The van der Waals surface area contributed by atoms with E-state index in [0.29, 0.717) is 13.0 Å². The molecular weight excluding hydrogens is 314 g/mol. The zero-order valence-corrected chi connectivity index (χ0v) is 15.2. The van der Waals surface area contributed by atoms with E-state index in [4.69, 9.17) is 15.9 Å². The maximum atomic E-state index is 10.1. The maximum Gasteiger partial charge on any atom is 0.166 e. The number of quaternary nitrogens is 1. The molecule has 2 heterocycles. The van der Waals surface area contributed by atoms with Crippen LogP contribution < -0.4 is 9.47 Å². The number of hydrogen-bond donors (Lipinski definition) is 1. The van der Waals surface area contributed by atoms with Gasteiger partial charge in [0.2, 0.25) is 0 Å². The van der Waals surface area contributed by atoms with E-state index in [1.54, 1.807) is 7.11 Å². The molecule has 1 aromatic carbocycles. The summed E-state index contributed by atoms with van der Waals surface area (Å²) in [5.41, 5.74) is 3.63.